The van der Waals surface area contributed by atoms with Gasteiger partial charge in [-0.25, -0.2) is 0 Å². The first kappa shape index (κ1) is 14.8. The van der Waals surface area contributed by atoms with Crippen LogP contribution in [-0.4, -0.2) is 26.8 Å². The minimum atomic E-state index is -0.922. The van der Waals surface area contributed by atoms with Crippen LogP contribution in [0, 0.1) is 0 Å². The molecule has 110 valence electrons. The number of nitrogens with zero attached hydrogens (tertiary/aromatic N) is 2. The van der Waals surface area contributed by atoms with Crippen LogP contribution in [0.15, 0.2) is 42.6 Å². The Morgan fingerprint density at radius 2 is 2.00 bits per heavy atom. The Balaban J connectivity index is 2.04. The van der Waals surface area contributed by atoms with Crippen LogP contribution in [0.5, 0.6) is 0 Å². The zero-order valence-corrected chi connectivity index (χ0v) is 11.7. The van der Waals surface area contributed by atoms with Gasteiger partial charge in [-0.05, 0) is 18.6 Å². The van der Waals surface area contributed by atoms with Gasteiger partial charge in [0.1, 0.15) is 5.69 Å². The molecule has 1 aromatic carbocycles. The summed E-state index contributed by atoms with van der Waals surface area (Å²) in [5.74, 6) is -1.19. The maximum absolute atomic E-state index is 12.2. The van der Waals surface area contributed by atoms with Crippen molar-refractivity contribution in [3.05, 3.63) is 53.9 Å². The molecule has 6 heteroatoms. The maximum atomic E-state index is 12.2. The van der Waals surface area contributed by atoms with Crippen LogP contribution < -0.4 is 5.32 Å². The van der Waals surface area contributed by atoms with E-state index in [2.05, 4.69) is 10.4 Å². The van der Waals surface area contributed by atoms with Crippen molar-refractivity contribution in [3.8, 4) is 0 Å². The van der Waals surface area contributed by atoms with Gasteiger partial charge in [-0.15, -0.1) is 0 Å². The second kappa shape index (κ2) is 6.69. The van der Waals surface area contributed by atoms with Crippen LogP contribution in [0.25, 0.3) is 0 Å². The Kier molecular flexibility index (Phi) is 4.71. The second-order valence-corrected chi connectivity index (χ2v) is 4.69. The van der Waals surface area contributed by atoms with E-state index in [1.165, 1.54) is 10.9 Å². The second-order valence-electron chi connectivity index (χ2n) is 4.69. The lowest BCUT2D eigenvalue weighted by atomic mass is 10.1. The van der Waals surface area contributed by atoms with Crippen LogP contribution in [0.1, 0.15) is 35.4 Å². The van der Waals surface area contributed by atoms with Gasteiger partial charge in [-0.2, -0.15) is 5.10 Å². The molecule has 0 aliphatic rings. The average molecular weight is 287 g/mol. The number of amides is 1. The molecule has 0 spiro atoms. The van der Waals surface area contributed by atoms with Gasteiger partial charge in [-0.3, -0.25) is 14.3 Å². The molecule has 0 saturated heterocycles. The highest BCUT2D eigenvalue weighted by atomic mass is 16.4. The van der Waals surface area contributed by atoms with Gasteiger partial charge in [0.25, 0.3) is 5.91 Å². The topological polar surface area (TPSA) is 84.2 Å². The van der Waals surface area contributed by atoms with Crippen molar-refractivity contribution in [1.29, 1.82) is 0 Å². The monoisotopic (exact) mass is 287 g/mol. The number of nitrogens with one attached hydrogen (secondary N) is 1. The fraction of sp³-hybridized carbons (Fsp3) is 0.267. The molecule has 0 aliphatic carbocycles. The third kappa shape index (κ3) is 3.92. The molecule has 1 heterocycles. The van der Waals surface area contributed by atoms with Crippen molar-refractivity contribution in [2.75, 3.05) is 0 Å². The summed E-state index contributed by atoms with van der Waals surface area (Å²) in [5.41, 5.74) is 1.36. The minimum Gasteiger partial charge on any atom is -0.481 e. The molecule has 6 nitrogen and oxygen atoms in total. The molecule has 1 atom stereocenters. The number of hydrogen-bond acceptors (Lipinski definition) is 3. The molecule has 0 fully saturated rings. The number of rotatable bonds is 6. The fourth-order valence-electron chi connectivity index (χ4n) is 2.00. The molecular formula is C15H17N3O3. The Hall–Kier alpha value is -2.63. The van der Waals surface area contributed by atoms with E-state index >= 15 is 0 Å². The summed E-state index contributed by atoms with van der Waals surface area (Å²) in [5, 5.41) is 15.6. The van der Waals surface area contributed by atoms with Gasteiger partial charge in [0.2, 0.25) is 0 Å². The Labute approximate surface area is 122 Å². The van der Waals surface area contributed by atoms with Crippen molar-refractivity contribution in [1.82, 2.24) is 15.1 Å². The number of carbonyl (C=O) groups excluding carboxylic acids is 1. The summed E-state index contributed by atoms with van der Waals surface area (Å²) in [6, 6.07) is 11.1. The van der Waals surface area contributed by atoms with Gasteiger partial charge in [-0.1, -0.05) is 30.3 Å². The number of aryl methyl sites for hydroxylation is 1. The molecule has 0 radical (unpaired) electrons. The number of benzene rings is 1. The van der Waals surface area contributed by atoms with E-state index in [0.29, 0.717) is 5.69 Å². The number of aliphatic carboxylic acids is 1. The summed E-state index contributed by atoms with van der Waals surface area (Å²) in [7, 11) is 0. The van der Waals surface area contributed by atoms with Crippen LogP contribution in [-0.2, 0) is 11.3 Å². The highest BCUT2D eigenvalue weighted by Crippen LogP contribution is 2.12. The van der Waals surface area contributed by atoms with Crippen LogP contribution in [0.2, 0.25) is 0 Å². The fourth-order valence-corrected chi connectivity index (χ4v) is 2.00. The zero-order valence-electron chi connectivity index (χ0n) is 11.7. The van der Waals surface area contributed by atoms with Gasteiger partial charge in [0, 0.05) is 6.20 Å². The van der Waals surface area contributed by atoms with Gasteiger partial charge in [0.05, 0.1) is 19.0 Å². The Bertz CT molecular complexity index is 622. The number of carbonyl (C=O) groups is 2. The van der Waals surface area contributed by atoms with E-state index in [1.54, 1.807) is 6.07 Å². The predicted octanol–water partition coefficient (Wildman–Crippen LogP) is 1.85. The molecule has 1 unspecified atom stereocenters. The molecule has 2 N–H and O–H groups in total. The number of hydrogen-bond donors (Lipinski definition) is 2. The summed E-state index contributed by atoms with van der Waals surface area (Å²) < 4.78 is 1.40. The first-order valence-electron chi connectivity index (χ1n) is 6.67. The molecule has 21 heavy (non-hydrogen) atoms. The van der Waals surface area contributed by atoms with E-state index in [0.717, 1.165) is 5.56 Å². The lowest BCUT2D eigenvalue weighted by Crippen LogP contribution is -2.29. The first-order chi connectivity index (χ1) is 10.1. The summed E-state index contributed by atoms with van der Waals surface area (Å²) in [6.45, 7) is 2.07. The van der Waals surface area contributed by atoms with Crippen LogP contribution >= 0.6 is 0 Å². The number of aromatic nitrogens is 2. The SMILES string of the molecule is CC(NC(=O)c1ccnn1CCC(=O)O)c1ccccc1. The van der Waals surface area contributed by atoms with Crippen molar-refractivity contribution in [2.45, 2.75) is 25.9 Å². The predicted molar refractivity (Wildman–Crippen MR) is 76.8 cm³/mol. The third-order valence-electron chi connectivity index (χ3n) is 3.13. The Morgan fingerprint density at radius 1 is 1.29 bits per heavy atom. The van der Waals surface area contributed by atoms with Gasteiger partial charge in [0.15, 0.2) is 0 Å². The largest absolute Gasteiger partial charge is 0.481 e. The van der Waals surface area contributed by atoms with Crippen molar-refractivity contribution in [3.63, 3.8) is 0 Å². The Morgan fingerprint density at radius 3 is 2.67 bits per heavy atom. The molecule has 0 bridgehead atoms. The molecule has 2 rings (SSSR count). The van der Waals surface area contributed by atoms with E-state index in [-0.39, 0.29) is 24.9 Å². The summed E-state index contributed by atoms with van der Waals surface area (Å²) in [6.07, 6.45) is 1.42. The summed E-state index contributed by atoms with van der Waals surface area (Å²) >= 11 is 0. The maximum Gasteiger partial charge on any atom is 0.305 e. The van der Waals surface area contributed by atoms with Gasteiger partial charge < -0.3 is 10.4 Å². The molecule has 0 aliphatic heterocycles. The molecule has 0 saturated carbocycles. The highest BCUT2D eigenvalue weighted by molar-refractivity contribution is 5.92. The standard InChI is InChI=1S/C15H17N3O3/c1-11(12-5-3-2-4-6-12)17-15(21)13-7-9-16-18(13)10-8-14(19)20/h2-7,9,11H,8,10H2,1H3,(H,17,21)(H,19,20). The average Bonchev–Trinajstić information content (AvgIpc) is 2.94. The van der Waals surface area contributed by atoms with Crippen LogP contribution in [0.3, 0.4) is 0 Å². The van der Waals surface area contributed by atoms with Crippen molar-refractivity contribution in [2.24, 2.45) is 0 Å². The van der Waals surface area contributed by atoms with E-state index in [1.807, 2.05) is 37.3 Å². The van der Waals surface area contributed by atoms with Crippen molar-refractivity contribution < 1.29 is 14.7 Å². The van der Waals surface area contributed by atoms with Gasteiger partial charge >= 0.3 is 5.97 Å². The number of carboxylic acids is 1. The molecular weight excluding hydrogens is 270 g/mol. The van der Waals surface area contributed by atoms with Crippen molar-refractivity contribution >= 4 is 11.9 Å². The quantitative estimate of drug-likeness (QED) is 0.849. The van der Waals surface area contributed by atoms with E-state index in [9.17, 15) is 9.59 Å². The molecule has 1 amide bonds. The zero-order chi connectivity index (χ0) is 15.2. The smallest absolute Gasteiger partial charge is 0.305 e. The lowest BCUT2D eigenvalue weighted by molar-refractivity contribution is -0.137. The summed E-state index contributed by atoms with van der Waals surface area (Å²) in [4.78, 5) is 22.8. The highest BCUT2D eigenvalue weighted by Gasteiger charge is 2.15. The van der Waals surface area contributed by atoms with E-state index in [4.69, 9.17) is 5.11 Å². The number of carboxylic acid groups (broad SMARTS) is 1. The van der Waals surface area contributed by atoms with E-state index < -0.39 is 5.97 Å². The third-order valence-corrected chi connectivity index (χ3v) is 3.13. The first-order valence-corrected chi connectivity index (χ1v) is 6.67. The van der Waals surface area contributed by atoms with Crippen LogP contribution in [0.4, 0.5) is 0 Å². The molecule has 2 aromatic rings. The molecule has 1 aromatic heterocycles. The normalized spacial score (nSPS) is 11.9. The lowest BCUT2D eigenvalue weighted by Gasteiger charge is -2.14. The minimum absolute atomic E-state index is 0.0732.